The van der Waals surface area contributed by atoms with Crippen molar-refractivity contribution in [2.24, 2.45) is 0 Å². The first kappa shape index (κ1) is 17.0. The molecule has 0 spiro atoms. The summed E-state index contributed by atoms with van der Waals surface area (Å²) in [5.74, 6) is -3.75. The first-order valence-electron chi connectivity index (χ1n) is 6.96. The number of aromatic nitrogens is 2. The number of hydrogen-bond donors (Lipinski definition) is 1. The molecule has 6 nitrogen and oxygen atoms in total. The second kappa shape index (κ2) is 6.60. The summed E-state index contributed by atoms with van der Waals surface area (Å²) in [5.41, 5.74) is -0.456. The maximum atomic E-state index is 14.2. The molecule has 1 aromatic heterocycles. The molecule has 0 unspecified atom stereocenters. The van der Waals surface area contributed by atoms with Crippen LogP contribution in [0.5, 0.6) is 5.75 Å². The molecule has 0 saturated carbocycles. The molecular formula is C16H11F2N3O3S. The van der Waals surface area contributed by atoms with Crippen LogP contribution in [0.4, 0.5) is 14.5 Å². The van der Waals surface area contributed by atoms with E-state index < -0.39 is 23.2 Å². The van der Waals surface area contributed by atoms with Gasteiger partial charge < -0.3 is 10.1 Å². The van der Waals surface area contributed by atoms with E-state index in [1.807, 2.05) is 0 Å². The summed E-state index contributed by atoms with van der Waals surface area (Å²) < 4.78 is 32.8. The summed E-state index contributed by atoms with van der Waals surface area (Å²) in [4.78, 5) is 32.8. The Morgan fingerprint density at radius 3 is 2.60 bits per heavy atom. The van der Waals surface area contributed by atoms with Crippen LogP contribution in [-0.4, -0.2) is 34.9 Å². The maximum Gasteiger partial charge on any atom is 0.220 e. The van der Waals surface area contributed by atoms with Gasteiger partial charge in [0, 0.05) is 6.20 Å². The van der Waals surface area contributed by atoms with Gasteiger partial charge in [-0.05, 0) is 18.4 Å². The van der Waals surface area contributed by atoms with Crippen molar-refractivity contribution in [1.82, 2.24) is 9.97 Å². The third kappa shape index (κ3) is 2.76. The number of Topliss-reactive ketones (excluding diaryl/α,β-unsaturated/α-hetero) is 2. The molecule has 0 saturated heterocycles. The van der Waals surface area contributed by atoms with Crippen LogP contribution in [0.3, 0.4) is 0 Å². The largest absolute Gasteiger partial charge is 0.494 e. The lowest BCUT2D eigenvalue weighted by Gasteiger charge is -2.20. The van der Waals surface area contributed by atoms with E-state index in [1.54, 1.807) is 6.26 Å². The average Bonchev–Trinajstić information content (AvgIpc) is 2.63. The van der Waals surface area contributed by atoms with Crippen LogP contribution in [0.25, 0.3) is 0 Å². The zero-order valence-electron chi connectivity index (χ0n) is 13.1. The fourth-order valence-corrected chi connectivity index (χ4v) is 2.99. The van der Waals surface area contributed by atoms with E-state index in [0.717, 1.165) is 11.8 Å². The smallest absolute Gasteiger partial charge is 0.220 e. The maximum absolute atomic E-state index is 14.2. The minimum absolute atomic E-state index is 0.00203. The fraction of sp³-hybridized carbons (Fsp3) is 0.125. The first-order chi connectivity index (χ1) is 12.0. The van der Waals surface area contributed by atoms with Gasteiger partial charge in [0.2, 0.25) is 17.4 Å². The number of benzene rings is 1. The van der Waals surface area contributed by atoms with Crippen LogP contribution >= 0.6 is 11.8 Å². The van der Waals surface area contributed by atoms with E-state index in [4.69, 9.17) is 4.74 Å². The van der Waals surface area contributed by atoms with Gasteiger partial charge >= 0.3 is 0 Å². The summed E-state index contributed by atoms with van der Waals surface area (Å²) in [6.07, 6.45) is 3.98. The van der Waals surface area contributed by atoms with E-state index in [1.165, 1.54) is 31.8 Å². The highest BCUT2D eigenvalue weighted by atomic mass is 32.2. The van der Waals surface area contributed by atoms with E-state index in [-0.39, 0.29) is 33.3 Å². The molecule has 0 atom stereocenters. The Balaban J connectivity index is 2.09. The molecule has 128 valence electrons. The van der Waals surface area contributed by atoms with Gasteiger partial charge in [0.05, 0.1) is 23.3 Å². The van der Waals surface area contributed by atoms with E-state index in [9.17, 15) is 18.4 Å². The molecule has 2 aromatic rings. The van der Waals surface area contributed by atoms with Gasteiger partial charge in [-0.15, -0.1) is 11.8 Å². The molecule has 0 aliphatic heterocycles. The van der Waals surface area contributed by atoms with Crippen molar-refractivity contribution in [3.8, 4) is 5.75 Å². The summed E-state index contributed by atoms with van der Waals surface area (Å²) in [7, 11) is 1.21. The van der Waals surface area contributed by atoms with Crippen LogP contribution < -0.4 is 10.1 Å². The summed E-state index contributed by atoms with van der Waals surface area (Å²) in [6.45, 7) is 0. The Kier molecular flexibility index (Phi) is 4.49. The molecule has 0 fully saturated rings. The molecule has 25 heavy (non-hydrogen) atoms. The van der Waals surface area contributed by atoms with Gasteiger partial charge in [-0.25, -0.2) is 14.4 Å². The lowest BCUT2D eigenvalue weighted by molar-refractivity contribution is 0.0978. The molecule has 9 heteroatoms. The number of ketones is 2. The Bertz CT molecular complexity index is 931. The molecule has 1 aromatic carbocycles. The van der Waals surface area contributed by atoms with E-state index in [2.05, 4.69) is 15.3 Å². The van der Waals surface area contributed by atoms with Crippen LogP contribution in [0.1, 0.15) is 20.8 Å². The Morgan fingerprint density at radius 2 is 1.92 bits per heavy atom. The lowest BCUT2D eigenvalue weighted by Crippen LogP contribution is -2.26. The Hall–Kier alpha value is -2.81. The molecule has 1 aliphatic carbocycles. The molecule has 0 radical (unpaired) electrons. The number of fused-ring (bicyclic) bond motifs is 1. The quantitative estimate of drug-likeness (QED) is 0.894. The molecule has 3 rings (SSSR count). The van der Waals surface area contributed by atoms with Gasteiger partial charge in [-0.1, -0.05) is 0 Å². The van der Waals surface area contributed by atoms with Crippen molar-refractivity contribution in [2.75, 3.05) is 18.7 Å². The number of methoxy groups -OCH3 is 1. The minimum atomic E-state index is -1.22. The Labute approximate surface area is 145 Å². The second-order valence-electron chi connectivity index (χ2n) is 4.92. The highest BCUT2D eigenvalue weighted by Crippen LogP contribution is 2.33. The Morgan fingerprint density at radius 1 is 1.16 bits per heavy atom. The average molecular weight is 363 g/mol. The summed E-state index contributed by atoms with van der Waals surface area (Å²) in [5, 5.41) is 2.53. The highest BCUT2D eigenvalue weighted by molar-refractivity contribution is 8.03. The number of halogens is 2. The van der Waals surface area contributed by atoms with Gasteiger partial charge in [0.25, 0.3) is 0 Å². The summed E-state index contributed by atoms with van der Waals surface area (Å²) in [6, 6.07) is 2.43. The molecule has 0 amide bonds. The number of allylic oxidation sites excluding steroid dienone is 2. The molecular weight excluding hydrogens is 352 g/mol. The number of thioether (sulfide) groups is 1. The normalized spacial score (nSPS) is 13.8. The third-order valence-corrected chi connectivity index (χ3v) is 4.36. The van der Waals surface area contributed by atoms with Crippen LogP contribution in [-0.2, 0) is 0 Å². The van der Waals surface area contributed by atoms with Crippen molar-refractivity contribution in [3.63, 3.8) is 0 Å². The van der Waals surface area contributed by atoms with Crippen molar-refractivity contribution in [2.45, 2.75) is 0 Å². The topological polar surface area (TPSA) is 81.2 Å². The van der Waals surface area contributed by atoms with Crippen LogP contribution in [0.2, 0.25) is 0 Å². The second-order valence-corrected chi connectivity index (χ2v) is 5.74. The number of ether oxygens (including phenoxy) is 1. The number of carbonyl (C=O) groups excluding carboxylic acids is 2. The number of rotatable bonds is 4. The minimum Gasteiger partial charge on any atom is -0.494 e. The van der Waals surface area contributed by atoms with Crippen molar-refractivity contribution in [1.29, 1.82) is 0 Å². The number of nitrogens with zero attached hydrogens (tertiary/aromatic N) is 2. The fourth-order valence-electron chi connectivity index (χ4n) is 2.36. The number of carbonyl (C=O) groups is 2. The van der Waals surface area contributed by atoms with Gasteiger partial charge in [0.15, 0.2) is 11.6 Å². The number of hydrogen-bond acceptors (Lipinski definition) is 7. The molecule has 1 aliphatic rings. The standard InChI is InChI=1S/C16H11F2N3O3S/c1-24-9-4-3-8(10(17)11(9)18)21-13-14(22)7-5-19-6-20-12(7)15(23)16(13)25-2/h3-6,21H,1-2H3. The molecule has 0 bridgehead atoms. The predicted octanol–water partition coefficient (Wildman–Crippen LogP) is 2.83. The SMILES string of the molecule is COc1ccc(NC2=C(SC)C(=O)c3ncncc3C2=O)c(F)c1F. The molecule has 1 N–H and O–H groups in total. The number of nitrogens with one attached hydrogen (secondary N) is 1. The van der Waals surface area contributed by atoms with Crippen molar-refractivity contribution >= 4 is 29.0 Å². The van der Waals surface area contributed by atoms with Gasteiger partial charge in [0.1, 0.15) is 17.7 Å². The zero-order chi connectivity index (χ0) is 18.1. The van der Waals surface area contributed by atoms with Gasteiger partial charge in [-0.3, -0.25) is 9.59 Å². The zero-order valence-corrected chi connectivity index (χ0v) is 13.9. The lowest BCUT2D eigenvalue weighted by atomic mass is 9.98. The van der Waals surface area contributed by atoms with Crippen LogP contribution in [0.15, 0.2) is 35.3 Å². The van der Waals surface area contributed by atoms with Crippen molar-refractivity contribution in [3.05, 3.63) is 58.2 Å². The van der Waals surface area contributed by atoms with E-state index in [0.29, 0.717) is 0 Å². The summed E-state index contributed by atoms with van der Waals surface area (Å²) >= 11 is 1.01. The third-order valence-electron chi connectivity index (χ3n) is 3.56. The molecule has 1 heterocycles. The number of anilines is 1. The van der Waals surface area contributed by atoms with E-state index >= 15 is 0 Å². The van der Waals surface area contributed by atoms with Crippen LogP contribution in [0, 0.1) is 11.6 Å². The highest BCUT2D eigenvalue weighted by Gasteiger charge is 2.34. The van der Waals surface area contributed by atoms with Gasteiger partial charge in [-0.2, -0.15) is 4.39 Å². The first-order valence-corrected chi connectivity index (χ1v) is 8.18. The van der Waals surface area contributed by atoms with Crippen molar-refractivity contribution < 1.29 is 23.1 Å². The monoisotopic (exact) mass is 363 g/mol. The predicted molar refractivity (Wildman–Crippen MR) is 87.8 cm³/mol.